The number of benzene rings is 4. The summed E-state index contributed by atoms with van der Waals surface area (Å²) in [6, 6.07) is 30.1. The van der Waals surface area contributed by atoms with Crippen molar-refractivity contribution in [2.24, 2.45) is 0 Å². The largest absolute Gasteiger partial charge is 0.497 e. The molecule has 0 radical (unpaired) electrons. The molecule has 0 saturated heterocycles. The molecule has 4 rings (SSSR count). The molecular formula is C33H32O6. The molecule has 0 saturated carbocycles. The number of aryl methyl sites for hydroxylation is 1. The Morgan fingerprint density at radius 1 is 0.744 bits per heavy atom. The molecule has 0 spiro atoms. The number of hydrogen-bond donors (Lipinski definition) is 1. The van der Waals surface area contributed by atoms with Crippen molar-refractivity contribution in [3.05, 3.63) is 125 Å². The van der Waals surface area contributed by atoms with Gasteiger partial charge in [-0.05, 0) is 59.9 Å². The first-order valence-electron chi connectivity index (χ1n) is 12.8. The minimum atomic E-state index is -0.940. The topological polar surface area (TPSA) is 82.1 Å². The number of carboxylic acid groups (broad SMARTS) is 1. The fraction of sp³-hybridized carbons (Fsp3) is 0.212. The average molecular weight is 525 g/mol. The van der Waals surface area contributed by atoms with Crippen molar-refractivity contribution in [2.75, 3.05) is 7.11 Å². The van der Waals surface area contributed by atoms with Crippen molar-refractivity contribution >= 4 is 11.8 Å². The minimum Gasteiger partial charge on any atom is -0.497 e. The van der Waals surface area contributed by atoms with Crippen molar-refractivity contribution in [2.45, 2.75) is 38.9 Å². The second-order valence-electron chi connectivity index (χ2n) is 9.31. The summed E-state index contributed by atoms with van der Waals surface area (Å²) in [6.07, 6.45) is 0.0753. The van der Waals surface area contributed by atoms with Crippen LogP contribution in [0.2, 0.25) is 0 Å². The van der Waals surface area contributed by atoms with Crippen molar-refractivity contribution in [1.29, 1.82) is 0 Å². The molecule has 0 fully saturated rings. The Hall–Kier alpha value is -4.58. The van der Waals surface area contributed by atoms with Crippen LogP contribution in [0.3, 0.4) is 0 Å². The van der Waals surface area contributed by atoms with Gasteiger partial charge in [0, 0.05) is 24.0 Å². The van der Waals surface area contributed by atoms with Crippen LogP contribution >= 0.6 is 0 Å². The molecule has 4 aromatic rings. The summed E-state index contributed by atoms with van der Waals surface area (Å²) < 4.78 is 17.4. The van der Waals surface area contributed by atoms with Crippen LogP contribution in [0.25, 0.3) is 0 Å². The van der Waals surface area contributed by atoms with Crippen molar-refractivity contribution < 1.29 is 28.9 Å². The molecule has 1 N–H and O–H groups in total. The Morgan fingerprint density at radius 3 is 1.92 bits per heavy atom. The number of methoxy groups -OCH3 is 1. The molecule has 0 aromatic heterocycles. The van der Waals surface area contributed by atoms with E-state index < -0.39 is 11.9 Å². The number of aliphatic carboxylic acids is 1. The number of Topliss-reactive ketones (excluding diaryl/α,β-unsaturated/α-hetero) is 1. The lowest BCUT2D eigenvalue weighted by molar-refractivity contribution is -0.137. The lowest BCUT2D eigenvalue weighted by Gasteiger charge is -2.19. The van der Waals surface area contributed by atoms with Gasteiger partial charge in [0.15, 0.2) is 5.78 Å². The van der Waals surface area contributed by atoms with Crippen LogP contribution in [0.1, 0.15) is 51.4 Å². The van der Waals surface area contributed by atoms with Gasteiger partial charge in [-0.1, -0.05) is 66.7 Å². The van der Waals surface area contributed by atoms with Gasteiger partial charge in [0.25, 0.3) is 0 Å². The zero-order valence-electron chi connectivity index (χ0n) is 22.1. The van der Waals surface area contributed by atoms with E-state index in [1.807, 2.05) is 85.8 Å². The summed E-state index contributed by atoms with van der Waals surface area (Å²) >= 11 is 0. The van der Waals surface area contributed by atoms with Crippen molar-refractivity contribution in [3.63, 3.8) is 0 Å². The third-order valence-corrected chi connectivity index (χ3v) is 6.50. The van der Waals surface area contributed by atoms with Gasteiger partial charge in [-0.15, -0.1) is 0 Å². The lowest BCUT2D eigenvalue weighted by atomic mass is 9.84. The van der Waals surface area contributed by atoms with Crippen LogP contribution in [0.4, 0.5) is 0 Å². The fourth-order valence-electron chi connectivity index (χ4n) is 4.38. The number of rotatable bonds is 13. The number of ketones is 1. The molecule has 0 aliphatic rings. The first-order chi connectivity index (χ1) is 18.9. The van der Waals surface area contributed by atoms with Gasteiger partial charge < -0.3 is 19.3 Å². The van der Waals surface area contributed by atoms with E-state index in [0.29, 0.717) is 30.3 Å². The van der Waals surface area contributed by atoms with E-state index in [1.165, 1.54) is 0 Å². The maximum absolute atomic E-state index is 13.9. The third kappa shape index (κ3) is 7.71. The highest BCUT2D eigenvalue weighted by Crippen LogP contribution is 2.32. The molecule has 1 atom stereocenters. The first-order valence-corrected chi connectivity index (χ1v) is 12.8. The summed E-state index contributed by atoms with van der Waals surface area (Å²) in [6.45, 7) is 2.55. The van der Waals surface area contributed by atoms with Gasteiger partial charge in [-0.2, -0.15) is 0 Å². The van der Waals surface area contributed by atoms with Crippen LogP contribution in [0.5, 0.6) is 17.2 Å². The molecule has 0 unspecified atom stereocenters. The van der Waals surface area contributed by atoms with E-state index in [-0.39, 0.29) is 18.6 Å². The van der Waals surface area contributed by atoms with E-state index in [4.69, 9.17) is 14.2 Å². The van der Waals surface area contributed by atoms with Gasteiger partial charge in [0.1, 0.15) is 30.5 Å². The molecule has 200 valence electrons. The summed E-state index contributed by atoms with van der Waals surface area (Å²) in [5.41, 5.74) is 4.10. The Kier molecular flexibility index (Phi) is 9.35. The fourth-order valence-corrected chi connectivity index (χ4v) is 4.38. The molecule has 0 heterocycles. The van der Waals surface area contributed by atoms with E-state index in [1.54, 1.807) is 25.3 Å². The number of carboxylic acids is 1. The van der Waals surface area contributed by atoms with Gasteiger partial charge in [-0.3, -0.25) is 9.59 Å². The van der Waals surface area contributed by atoms with Crippen LogP contribution in [-0.4, -0.2) is 24.0 Å². The van der Waals surface area contributed by atoms with Gasteiger partial charge in [0.05, 0.1) is 7.11 Å². The van der Waals surface area contributed by atoms with E-state index >= 15 is 0 Å². The highest BCUT2D eigenvalue weighted by atomic mass is 16.5. The minimum absolute atomic E-state index is 0.115. The predicted octanol–water partition coefficient (Wildman–Crippen LogP) is 6.99. The first kappa shape index (κ1) is 27.5. The maximum atomic E-state index is 13.9. The summed E-state index contributed by atoms with van der Waals surface area (Å²) in [4.78, 5) is 25.3. The van der Waals surface area contributed by atoms with Gasteiger partial charge in [-0.25, -0.2) is 0 Å². The molecule has 6 nitrogen and oxygen atoms in total. The normalized spacial score (nSPS) is 11.4. The predicted molar refractivity (Wildman–Crippen MR) is 150 cm³/mol. The van der Waals surface area contributed by atoms with Crippen molar-refractivity contribution in [3.8, 4) is 17.2 Å². The van der Waals surface area contributed by atoms with E-state index in [9.17, 15) is 14.7 Å². The quantitative estimate of drug-likeness (QED) is 0.190. The molecular weight excluding hydrogens is 492 g/mol. The highest BCUT2D eigenvalue weighted by Gasteiger charge is 2.25. The Balaban J connectivity index is 1.64. The SMILES string of the molecule is COc1ccc(COc2cc(OCc3ccccc3)cc(C(=O)[C@@H](CCC(=O)O)c3ccccc3C)c2)cc1. The van der Waals surface area contributed by atoms with Crippen LogP contribution in [-0.2, 0) is 18.0 Å². The summed E-state index contributed by atoms with van der Waals surface area (Å²) in [5, 5.41) is 9.35. The Labute approximate surface area is 228 Å². The monoisotopic (exact) mass is 524 g/mol. The van der Waals surface area contributed by atoms with Crippen LogP contribution in [0, 0.1) is 6.92 Å². The van der Waals surface area contributed by atoms with Crippen LogP contribution < -0.4 is 14.2 Å². The second kappa shape index (κ2) is 13.3. The number of ether oxygens (including phenoxy) is 3. The molecule has 0 bridgehead atoms. The second-order valence-corrected chi connectivity index (χ2v) is 9.31. The summed E-state index contributed by atoms with van der Waals surface area (Å²) in [5.74, 6) is 0.0141. The third-order valence-electron chi connectivity index (χ3n) is 6.50. The zero-order valence-corrected chi connectivity index (χ0v) is 22.1. The molecule has 4 aromatic carbocycles. The lowest BCUT2D eigenvalue weighted by Crippen LogP contribution is -2.16. The number of hydrogen-bond acceptors (Lipinski definition) is 5. The van der Waals surface area contributed by atoms with E-state index in [0.717, 1.165) is 28.0 Å². The average Bonchev–Trinajstić information content (AvgIpc) is 2.96. The molecule has 39 heavy (non-hydrogen) atoms. The standard InChI is InChI=1S/C33H32O6/c1-23-8-6-7-11-30(23)31(16-17-32(34)35)33(36)26-18-28(38-21-24-9-4-3-5-10-24)20-29(19-26)39-22-25-12-14-27(37-2)15-13-25/h3-15,18-20,31H,16-17,21-22H2,1-2H3,(H,34,35)/t31-/m0/s1. The molecule has 6 heteroatoms. The Morgan fingerprint density at radius 2 is 1.33 bits per heavy atom. The van der Waals surface area contributed by atoms with Gasteiger partial charge in [0.2, 0.25) is 0 Å². The van der Waals surface area contributed by atoms with Gasteiger partial charge >= 0.3 is 5.97 Å². The summed E-state index contributed by atoms with van der Waals surface area (Å²) in [7, 11) is 1.62. The van der Waals surface area contributed by atoms with E-state index in [2.05, 4.69) is 0 Å². The van der Waals surface area contributed by atoms with Crippen molar-refractivity contribution in [1.82, 2.24) is 0 Å². The molecule has 0 aliphatic heterocycles. The highest BCUT2D eigenvalue weighted by molar-refractivity contribution is 6.02. The Bertz CT molecular complexity index is 1400. The number of carbonyl (C=O) groups is 2. The maximum Gasteiger partial charge on any atom is 0.303 e. The molecule has 0 aliphatic carbocycles. The smallest absolute Gasteiger partial charge is 0.303 e. The molecule has 0 amide bonds. The van der Waals surface area contributed by atoms with Crippen LogP contribution in [0.15, 0.2) is 97.1 Å². The zero-order chi connectivity index (χ0) is 27.6. The number of carbonyl (C=O) groups excluding carboxylic acids is 1.